The fourth-order valence-electron chi connectivity index (χ4n) is 1.63. The summed E-state index contributed by atoms with van der Waals surface area (Å²) in [5.74, 6) is -1.05. The molecule has 1 rings (SSSR count). The highest BCUT2D eigenvalue weighted by molar-refractivity contribution is 7.88. The molecule has 0 aliphatic heterocycles. The van der Waals surface area contributed by atoms with Gasteiger partial charge < -0.3 is 5.11 Å². The maximum atomic E-state index is 11.2. The number of hydrogen-bond acceptors (Lipinski definition) is 3. The summed E-state index contributed by atoms with van der Waals surface area (Å²) in [5, 5.41) is 8.80. The summed E-state index contributed by atoms with van der Waals surface area (Å²) in [6.07, 6.45) is 0.734. The summed E-state index contributed by atoms with van der Waals surface area (Å²) in [6, 6.07) is 6.37. The minimum atomic E-state index is -3.45. The van der Waals surface area contributed by atoms with Gasteiger partial charge in [0, 0.05) is 0 Å². The number of carboxylic acids is 1. The van der Waals surface area contributed by atoms with Crippen molar-refractivity contribution in [3.05, 3.63) is 35.4 Å². The van der Waals surface area contributed by atoms with Crippen molar-refractivity contribution in [1.82, 2.24) is 4.72 Å². The summed E-state index contributed by atoms with van der Waals surface area (Å²) in [4.78, 5) is 10.7. The molecule has 0 saturated heterocycles. The minimum absolute atomic E-state index is 0.280. The van der Waals surface area contributed by atoms with Crippen LogP contribution in [0.3, 0.4) is 0 Å². The summed E-state index contributed by atoms with van der Waals surface area (Å²) in [7, 11) is -3.45. The Kier molecular flexibility index (Phi) is 4.25. The fourth-order valence-corrected chi connectivity index (χ4v) is 2.35. The van der Waals surface area contributed by atoms with Crippen LogP contribution in [0.2, 0.25) is 0 Å². The zero-order chi connectivity index (χ0) is 13.1. The summed E-state index contributed by atoms with van der Waals surface area (Å²) in [6.45, 7) is 1.81. The fraction of sp³-hybridized carbons (Fsp3) is 0.364. The van der Waals surface area contributed by atoms with Crippen LogP contribution in [0.25, 0.3) is 0 Å². The average Bonchev–Trinajstić information content (AvgIpc) is 2.14. The molecule has 0 bridgehead atoms. The molecule has 0 amide bonds. The van der Waals surface area contributed by atoms with E-state index in [1.54, 1.807) is 12.1 Å². The van der Waals surface area contributed by atoms with Crippen molar-refractivity contribution in [3.63, 3.8) is 0 Å². The van der Waals surface area contributed by atoms with Gasteiger partial charge in [-0.3, -0.25) is 4.79 Å². The van der Waals surface area contributed by atoms with E-state index in [9.17, 15) is 13.2 Å². The normalized spacial score (nSPS) is 13.3. The van der Waals surface area contributed by atoms with Gasteiger partial charge in [-0.1, -0.05) is 24.3 Å². The van der Waals surface area contributed by atoms with Crippen LogP contribution in [0.4, 0.5) is 0 Å². The summed E-state index contributed by atoms with van der Waals surface area (Å²) < 4.78 is 24.7. The Labute approximate surface area is 101 Å². The highest BCUT2D eigenvalue weighted by atomic mass is 32.2. The van der Waals surface area contributed by atoms with Gasteiger partial charge in [0.25, 0.3) is 0 Å². The van der Waals surface area contributed by atoms with Crippen LogP contribution in [-0.4, -0.2) is 25.7 Å². The predicted octanol–water partition coefficient (Wildman–Crippen LogP) is 1.06. The summed E-state index contributed by atoms with van der Waals surface area (Å²) in [5.41, 5.74) is 1.54. The number of hydrogen-bond donors (Lipinski definition) is 2. The Hall–Kier alpha value is -1.40. The van der Waals surface area contributed by atoms with Crippen LogP contribution in [-0.2, 0) is 14.8 Å². The van der Waals surface area contributed by atoms with E-state index in [4.69, 9.17) is 5.11 Å². The molecule has 1 unspecified atom stereocenters. The average molecular weight is 257 g/mol. The van der Waals surface area contributed by atoms with Gasteiger partial charge in [0.05, 0.1) is 18.7 Å². The Balaban J connectivity index is 3.06. The quantitative estimate of drug-likeness (QED) is 0.826. The third-order valence-electron chi connectivity index (χ3n) is 2.30. The smallest absolute Gasteiger partial charge is 0.305 e. The first-order chi connectivity index (χ1) is 7.79. The topological polar surface area (TPSA) is 83.5 Å². The van der Waals surface area contributed by atoms with Crippen molar-refractivity contribution in [1.29, 1.82) is 0 Å². The van der Waals surface area contributed by atoms with Gasteiger partial charge in [-0.25, -0.2) is 13.1 Å². The molecule has 0 heterocycles. The van der Waals surface area contributed by atoms with Gasteiger partial charge in [-0.05, 0) is 18.1 Å². The third-order valence-corrected chi connectivity index (χ3v) is 3.01. The Bertz CT molecular complexity index is 510. The van der Waals surface area contributed by atoms with Gasteiger partial charge in [-0.15, -0.1) is 0 Å². The van der Waals surface area contributed by atoms with Crippen molar-refractivity contribution in [2.24, 2.45) is 0 Å². The standard InChI is InChI=1S/C11H15NO4S/c1-8-5-3-4-6-9(8)10(7-11(13)14)12-17(2,15)16/h3-6,10,12H,7H2,1-2H3,(H,13,14). The number of carboxylic acid groups (broad SMARTS) is 1. The van der Waals surface area contributed by atoms with Gasteiger partial charge in [-0.2, -0.15) is 0 Å². The minimum Gasteiger partial charge on any atom is -0.481 e. The van der Waals surface area contributed by atoms with E-state index in [0.29, 0.717) is 5.56 Å². The molecule has 17 heavy (non-hydrogen) atoms. The van der Waals surface area contributed by atoms with E-state index in [-0.39, 0.29) is 6.42 Å². The molecule has 0 fully saturated rings. The molecule has 1 aromatic carbocycles. The van der Waals surface area contributed by atoms with Crippen LogP contribution in [0.5, 0.6) is 0 Å². The summed E-state index contributed by atoms with van der Waals surface area (Å²) >= 11 is 0. The lowest BCUT2D eigenvalue weighted by molar-refractivity contribution is -0.137. The van der Waals surface area contributed by atoms with E-state index >= 15 is 0 Å². The lowest BCUT2D eigenvalue weighted by atomic mass is 10.00. The molecular formula is C11H15NO4S. The monoisotopic (exact) mass is 257 g/mol. The molecule has 0 saturated carbocycles. The first-order valence-electron chi connectivity index (χ1n) is 5.04. The number of carbonyl (C=O) groups is 1. The lowest BCUT2D eigenvalue weighted by Crippen LogP contribution is -2.29. The van der Waals surface area contributed by atoms with E-state index in [2.05, 4.69) is 4.72 Å². The molecule has 94 valence electrons. The highest BCUT2D eigenvalue weighted by Gasteiger charge is 2.20. The molecule has 0 aliphatic rings. The van der Waals surface area contributed by atoms with Crippen molar-refractivity contribution in [2.45, 2.75) is 19.4 Å². The third kappa shape index (κ3) is 4.54. The van der Waals surface area contributed by atoms with E-state index in [1.165, 1.54) is 0 Å². The molecule has 0 aliphatic carbocycles. The van der Waals surface area contributed by atoms with Gasteiger partial charge in [0.1, 0.15) is 0 Å². The van der Waals surface area contributed by atoms with Crippen molar-refractivity contribution < 1.29 is 18.3 Å². The lowest BCUT2D eigenvalue weighted by Gasteiger charge is -2.17. The van der Waals surface area contributed by atoms with Crippen LogP contribution < -0.4 is 4.72 Å². The van der Waals surface area contributed by atoms with Crippen LogP contribution >= 0.6 is 0 Å². The molecule has 0 aromatic heterocycles. The first-order valence-corrected chi connectivity index (χ1v) is 6.93. The second-order valence-corrected chi connectivity index (χ2v) is 5.68. The second-order valence-electron chi connectivity index (χ2n) is 3.90. The van der Waals surface area contributed by atoms with Crippen LogP contribution in [0.15, 0.2) is 24.3 Å². The molecule has 0 spiro atoms. The van der Waals surface area contributed by atoms with Crippen molar-refractivity contribution in [3.8, 4) is 0 Å². The SMILES string of the molecule is Cc1ccccc1C(CC(=O)O)NS(C)(=O)=O. The maximum Gasteiger partial charge on any atom is 0.305 e. The highest BCUT2D eigenvalue weighted by Crippen LogP contribution is 2.21. The zero-order valence-electron chi connectivity index (χ0n) is 9.67. The molecular weight excluding hydrogens is 242 g/mol. The van der Waals surface area contributed by atoms with Gasteiger partial charge in [0.15, 0.2) is 0 Å². The predicted molar refractivity (Wildman–Crippen MR) is 64.2 cm³/mol. The molecule has 1 aromatic rings. The number of benzene rings is 1. The molecule has 6 heteroatoms. The largest absolute Gasteiger partial charge is 0.481 e. The van der Waals surface area contributed by atoms with Gasteiger partial charge >= 0.3 is 5.97 Å². The number of nitrogens with one attached hydrogen (secondary N) is 1. The molecule has 0 radical (unpaired) electrons. The molecule has 5 nitrogen and oxygen atoms in total. The number of aryl methyl sites for hydroxylation is 1. The Morgan fingerprint density at radius 1 is 1.41 bits per heavy atom. The number of rotatable bonds is 5. The van der Waals surface area contributed by atoms with E-state index in [0.717, 1.165) is 11.8 Å². The number of aliphatic carboxylic acids is 1. The maximum absolute atomic E-state index is 11.2. The Morgan fingerprint density at radius 3 is 2.47 bits per heavy atom. The Morgan fingerprint density at radius 2 is 2.00 bits per heavy atom. The van der Waals surface area contributed by atoms with E-state index in [1.807, 2.05) is 19.1 Å². The van der Waals surface area contributed by atoms with E-state index < -0.39 is 22.0 Å². The van der Waals surface area contributed by atoms with Gasteiger partial charge in [0.2, 0.25) is 10.0 Å². The molecule has 1 atom stereocenters. The van der Waals surface area contributed by atoms with Crippen molar-refractivity contribution >= 4 is 16.0 Å². The first kappa shape index (κ1) is 13.7. The number of sulfonamides is 1. The zero-order valence-corrected chi connectivity index (χ0v) is 10.5. The molecule has 2 N–H and O–H groups in total. The van der Waals surface area contributed by atoms with Crippen molar-refractivity contribution in [2.75, 3.05) is 6.26 Å². The second kappa shape index (κ2) is 5.29. The van der Waals surface area contributed by atoms with Crippen LogP contribution in [0.1, 0.15) is 23.6 Å². The van der Waals surface area contributed by atoms with Crippen LogP contribution in [0, 0.1) is 6.92 Å².